The van der Waals surface area contributed by atoms with Gasteiger partial charge in [-0.15, -0.1) is 0 Å². The molecule has 0 atom stereocenters. The molecule has 0 radical (unpaired) electrons. The van der Waals surface area contributed by atoms with Gasteiger partial charge in [-0.1, -0.05) is 12.1 Å². The average Bonchev–Trinajstić information content (AvgIpc) is 2.72. The van der Waals surface area contributed by atoms with E-state index in [-0.39, 0.29) is 12.3 Å². The lowest BCUT2D eigenvalue weighted by atomic mass is 10.1. The van der Waals surface area contributed by atoms with Crippen molar-refractivity contribution in [2.45, 2.75) is 13.2 Å². The molecule has 1 aliphatic heterocycles. The summed E-state index contributed by atoms with van der Waals surface area (Å²) in [4.78, 5) is 30.4. The molecule has 2 aromatic rings. The highest BCUT2D eigenvalue weighted by molar-refractivity contribution is 5.99. The first-order chi connectivity index (χ1) is 14.0. The standard InChI is InChI=1S/C19H22FN5O4/c20-17-13(11-24-6-8-25(9-7-24)19(28)29)2-1-3-16(17)23-18(27)22-14-4-5-15(12-26)21-10-14/h1-5,10,26H,6-9,11-12H2,(H,28,29)(H2,22,23,27). The minimum absolute atomic E-state index is 0.0455. The van der Waals surface area contributed by atoms with E-state index in [9.17, 15) is 14.0 Å². The highest BCUT2D eigenvalue weighted by Gasteiger charge is 2.21. The zero-order valence-electron chi connectivity index (χ0n) is 15.6. The van der Waals surface area contributed by atoms with Gasteiger partial charge in [0.1, 0.15) is 0 Å². The lowest BCUT2D eigenvalue weighted by Gasteiger charge is -2.33. The molecule has 3 amide bonds. The van der Waals surface area contributed by atoms with E-state index in [0.29, 0.717) is 49.7 Å². The van der Waals surface area contributed by atoms with Gasteiger partial charge in [-0.25, -0.2) is 14.0 Å². The molecular weight excluding hydrogens is 381 g/mol. The first kappa shape index (κ1) is 20.5. The van der Waals surface area contributed by atoms with Crippen LogP contribution in [-0.2, 0) is 13.2 Å². The maximum atomic E-state index is 14.8. The Kier molecular flexibility index (Phi) is 6.57. The first-order valence-electron chi connectivity index (χ1n) is 9.07. The molecule has 0 unspecified atom stereocenters. The van der Waals surface area contributed by atoms with Crippen LogP contribution < -0.4 is 10.6 Å². The molecule has 1 saturated heterocycles. The summed E-state index contributed by atoms with van der Waals surface area (Å²) < 4.78 is 14.8. The summed E-state index contributed by atoms with van der Waals surface area (Å²) in [6.45, 7) is 1.90. The Balaban J connectivity index is 1.59. The fourth-order valence-corrected chi connectivity index (χ4v) is 3.01. The lowest BCUT2D eigenvalue weighted by Crippen LogP contribution is -2.47. The largest absolute Gasteiger partial charge is 0.465 e. The van der Waals surface area contributed by atoms with Gasteiger partial charge >= 0.3 is 12.1 Å². The molecule has 0 saturated carbocycles. The third-order valence-corrected chi connectivity index (χ3v) is 4.61. The molecule has 4 N–H and O–H groups in total. The van der Waals surface area contributed by atoms with Crippen molar-refractivity contribution < 1.29 is 24.2 Å². The second kappa shape index (κ2) is 9.30. The van der Waals surface area contributed by atoms with E-state index in [4.69, 9.17) is 10.2 Å². The Labute approximate surface area is 166 Å². The second-order valence-corrected chi connectivity index (χ2v) is 6.60. The Morgan fingerprint density at radius 2 is 1.86 bits per heavy atom. The highest BCUT2D eigenvalue weighted by atomic mass is 19.1. The van der Waals surface area contributed by atoms with Gasteiger partial charge in [0.25, 0.3) is 0 Å². The van der Waals surface area contributed by atoms with Crippen molar-refractivity contribution in [1.29, 1.82) is 0 Å². The van der Waals surface area contributed by atoms with Crippen molar-refractivity contribution in [3.63, 3.8) is 0 Å². The number of carbonyl (C=O) groups excluding carboxylic acids is 1. The van der Waals surface area contributed by atoms with Crippen molar-refractivity contribution in [3.05, 3.63) is 53.6 Å². The fourth-order valence-electron chi connectivity index (χ4n) is 3.01. The zero-order valence-corrected chi connectivity index (χ0v) is 15.6. The van der Waals surface area contributed by atoms with Crippen molar-refractivity contribution in [2.24, 2.45) is 0 Å². The van der Waals surface area contributed by atoms with E-state index < -0.39 is 17.9 Å². The highest BCUT2D eigenvalue weighted by Crippen LogP contribution is 2.20. The number of carbonyl (C=O) groups is 2. The third-order valence-electron chi connectivity index (χ3n) is 4.61. The molecule has 0 spiro atoms. The predicted molar refractivity (Wildman–Crippen MR) is 104 cm³/mol. The van der Waals surface area contributed by atoms with E-state index in [2.05, 4.69) is 15.6 Å². The average molecular weight is 403 g/mol. The smallest absolute Gasteiger partial charge is 0.407 e. The van der Waals surface area contributed by atoms with E-state index in [1.165, 1.54) is 17.2 Å². The normalized spacial score (nSPS) is 14.5. The molecule has 1 aromatic carbocycles. The number of urea groups is 1. The molecule has 2 heterocycles. The number of nitrogens with zero attached hydrogens (tertiary/aromatic N) is 3. The molecular formula is C19H22FN5O4. The van der Waals surface area contributed by atoms with Crippen molar-refractivity contribution in [2.75, 3.05) is 36.8 Å². The van der Waals surface area contributed by atoms with Crippen LogP contribution in [-0.4, -0.2) is 63.3 Å². The molecule has 0 bridgehead atoms. The molecule has 0 aliphatic carbocycles. The summed E-state index contributed by atoms with van der Waals surface area (Å²) in [6, 6.07) is 7.30. The second-order valence-electron chi connectivity index (χ2n) is 6.60. The SMILES string of the molecule is O=C(Nc1ccc(CO)nc1)Nc1cccc(CN2CCN(C(=O)O)CC2)c1F. The number of nitrogens with one attached hydrogen (secondary N) is 2. The number of carboxylic acid groups (broad SMARTS) is 1. The number of hydrogen-bond donors (Lipinski definition) is 4. The minimum atomic E-state index is -0.950. The number of pyridine rings is 1. The van der Waals surface area contributed by atoms with Crippen LogP contribution in [0.3, 0.4) is 0 Å². The van der Waals surface area contributed by atoms with Crippen LogP contribution in [0.25, 0.3) is 0 Å². The van der Waals surface area contributed by atoms with Crippen LogP contribution in [0.15, 0.2) is 36.5 Å². The number of aliphatic hydroxyl groups is 1. The quantitative estimate of drug-likeness (QED) is 0.608. The van der Waals surface area contributed by atoms with Crippen LogP contribution in [0.4, 0.5) is 25.4 Å². The topological polar surface area (TPSA) is 118 Å². The number of amides is 3. The third kappa shape index (κ3) is 5.39. The molecule has 10 heteroatoms. The summed E-state index contributed by atoms with van der Waals surface area (Å²) in [5, 5.41) is 23.0. The monoisotopic (exact) mass is 403 g/mol. The van der Waals surface area contributed by atoms with Gasteiger partial charge in [-0.2, -0.15) is 0 Å². The number of benzene rings is 1. The summed E-state index contributed by atoms with van der Waals surface area (Å²) in [6.07, 6.45) is 0.448. The molecule has 29 heavy (non-hydrogen) atoms. The Morgan fingerprint density at radius 3 is 2.48 bits per heavy atom. The number of halogens is 1. The summed E-state index contributed by atoms with van der Waals surface area (Å²) in [5.41, 5.74) is 1.34. The van der Waals surface area contributed by atoms with Crippen molar-refractivity contribution >= 4 is 23.5 Å². The number of rotatable bonds is 5. The summed E-state index contributed by atoms with van der Waals surface area (Å²) in [7, 11) is 0. The van der Waals surface area contributed by atoms with Gasteiger partial charge in [0.2, 0.25) is 0 Å². The summed E-state index contributed by atoms with van der Waals surface area (Å²) in [5.74, 6) is -0.530. The molecule has 154 valence electrons. The zero-order chi connectivity index (χ0) is 20.8. The van der Waals surface area contributed by atoms with E-state index in [0.717, 1.165) is 0 Å². The molecule has 3 rings (SSSR count). The van der Waals surface area contributed by atoms with Gasteiger partial charge in [0, 0.05) is 38.3 Å². The maximum absolute atomic E-state index is 14.8. The van der Waals surface area contributed by atoms with Crippen molar-refractivity contribution in [3.8, 4) is 0 Å². The molecule has 1 fully saturated rings. The number of aromatic nitrogens is 1. The van der Waals surface area contributed by atoms with Gasteiger partial charge in [0.15, 0.2) is 5.82 Å². The molecule has 9 nitrogen and oxygen atoms in total. The van der Waals surface area contributed by atoms with E-state index >= 15 is 0 Å². The maximum Gasteiger partial charge on any atom is 0.407 e. The van der Waals surface area contributed by atoms with Gasteiger partial charge in [-0.3, -0.25) is 9.88 Å². The van der Waals surface area contributed by atoms with Crippen LogP contribution in [0, 0.1) is 5.82 Å². The molecule has 1 aliphatic rings. The fraction of sp³-hybridized carbons (Fsp3) is 0.316. The van der Waals surface area contributed by atoms with Crippen LogP contribution in [0.1, 0.15) is 11.3 Å². The van der Waals surface area contributed by atoms with Gasteiger partial charge in [-0.05, 0) is 18.2 Å². The van der Waals surface area contributed by atoms with Crippen molar-refractivity contribution in [1.82, 2.24) is 14.8 Å². The van der Waals surface area contributed by atoms with E-state index in [1.807, 2.05) is 4.90 Å². The lowest BCUT2D eigenvalue weighted by molar-refractivity contribution is 0.102. The summed E-state index contributed by atoms with van der Waals surface area (Å²) >= 11 is 0. The Morgan fingerprint density at radius 1 is 1.10 bits per heavy atom. The molecule has 1 aromatic heterocycles. The van der Waals surface area contributed by atoms with Gasteiger partial charge in [0.05, 0.1) is 29.9 Å². The number of piperazine rings is 1. The minimum Gasteiger partial charge on any atom is -0.465 e. The van der Waals surface area contributed by atoms with E-state index in [1.54, 1.807) is 24.3 Å². The predicted octanol–water partition coefficient (Wildman–Crippen LogP) is 2.15. The van der Waals surface area contributed by atoms with Crippen LogP contribution >= 0.6 is 0 Å². The van der Waals surface area contributed by atoms with Crippen LogP contribution in [0.5, 0.6) is 0 Å². The number of aliphatic hydroxyl groups excluding tert-OH is 1. The van der Waals surface area contributed by atoms with Crippen LogP contribution in [0.2, 0.25) is 0 Å². The van der Waals surface area contributed by atoms with Gasteiger partial charge < -0.3 is 25.7 Å². The number of anilines is 2. The Bertz CT molecular complexity index is 869. The Hall–Kier alpha value is -3.24. The first-order valence-corrected chi connectivity index (χ1v) is 9.07. The number of hydrogen-bond acceptors (Lipinski definition) is 5.